The van der Waals surface area contributed by atoms with Gasteiger partial charge in [-0.15, -0.1) is 0 Å². The summed E-state index contributed by atoms with van der Waals surface area (Å²) in [5, 5.41) is 1.06. The second-order valence-corrected chi connectivity index (χ2v) is 6.64. The van der Waals surface area contributed by atoms with Gasteiger partial charge in [0.05, 0.1) is 15.7 Å². The second-order valence-electron chi connectivity index (χ2n) is 5.82. The molecule has 0 amide bonds. The van der Waals surface area contributed by atoms with Crippen LogP contribution >= 0.6 is 23.2 Å². The summed E-state index contributed by atoms with van der Waals surface area (Å²) in [7, 11) is 2.00. The van der Waals surface area contributed by atoms with Crippen molar-refractivity contribution in [2.75, 3.05) is 11.9 Å². The molecule has 0 aliphatic heterocycles. The number of rotatable bonds is 4. The molecule has 1 N–H and O–H groups in total. The molecule has 0 aliphatic rings. The van der Waals surface area contributed by atoms with E-state index in [1.807, 2.05) is 43.7 Å². The van der Waals surface area contributed by atoms with E-state index in [2.05, 4.69) is 9.88 Å². The van der Waals surface area contributed by atoms with E-state index in [-0.39, 0.29) is 5.82 Å². The van der Waals surface area contributed by atoms with Gasteiger partial charge in [0.25, 0.3) is 0 Å². The Labute approximate surface area is 150 Å². The molecule has 2 aromatic carbocycles. The fourth-order valence-corrected chi connectivity index (χ4v) is 3.03. The summed E-state index contributed by atoms with van der Waals surface area (Å²) in [6.45, 7) is 2.45. The highest BCUT2D eigenvalue weighted by atomic mass is 35.5. The maximum Gasteiger partial charge on any atom is 0.126 e. The third kappa shape index (κ3) is 3.42. The van der Waals surface area contributed by atoms with Gasteiger partial charge in [0.1, 0.15) is 5.82 Å². The Morgan fingerprint density at radius 3 is 2.54 bits per heavy atom. The molecule has 0 aliphatic carbocycles. The number of aromatic nitrogens is 1. The highest BCUT2D eigenvalue weighted by Crippen LogP contribution is 2.34. The summed E-state index contributed by atoms with van der Waals surface area (Å²) in [4.78, 5) is 5.25. The van der Waals surface area contributed by atoms with Crippen LogP contribution in [0.25, 0.3) is 11.1 Å². The molecule has 0 saturated heterocycles. The van der Waals surface area contributed by atoms with Gasteiger partial charge in [0.2, 0.25) is 0 Å². The molecule has 0 atom stereocenters. The lowest BCUT2D eigenvalue weighted by Crippen LogP contribution is -2.16. The number of hydrogen-bond donors (Lipinski definition) is 1. The van der Waals surface area contributed by atoms with E-state index in [4.69, 9.17) is 23.2 Å². The van der Waals surface area contributed by atoms with Gasteiger partial charge >= 0.3 is 0 Å². The third-order valence-corrected chi connectivity index (χ3v) is 4.75. The number of nitrogens with zero attached hydrogens (tertiary/aromatic N) is 1. The van der Waals surface area contributed by atoms with Crippen molar-refractivity contribution in [3.63, 3.8) is 0 Å². The van der Waals surface area contributed by atoms with Crippen LogP contribution in [-0.4, -0.2) is 12.0 Å². The Kier molecular flexibility index (Phi) is 4.83. The molecule has 124 valence electrons. The van der Waals surface area contributed by atoms with Crippen molar-refractivity contribution < 1.29 is 4.39 Å². The van der Waals surface area contributed by atoms with Crippen molar-refractivity contribution in [3.05, 3.63) is 75.8 Å². The number of halogens is 3. The molecule has 5 heteroatoms. The maximum absolute atomic E-state index is 13.4. The fraction of sp³-hybridized carbons (Fsp3) is 0.158. The molecule has 1 aromatic heterocycles. The van der Waals surface area contributed by atoms with E-state index in [0.29, 0.717) is 22.2 Å². The van der Waals surface area contributed by atoms with Gasteiger partial charge in [-0.2, -0.15) is 0 Å². The lowest BCUT2D eigenvalue weighted by molar-refractivity contribution is 0.617. The van der Waals surface area contributed by atoms with E-state index in [0.717, 1.165) is 22.4 Å². The summed E-state index contributed by atoms with van der Waals surface area (Å²) >= 11 is 12.1. The minimum absolute atomic E-state index is 0.181. The number of anilines is 1. The third-order valence-electron chi connectivity index (χ3n) is 4.01. The van der Waals surface area contributed by atoms with Crippen LogP contribution in [0, 0.1) is 12.7 Å². The van der Waals surface area contributed by atoms with Crippen LogP contribution in [0.4, 0.5) is 10.1 Å². The molecule has 2 nitrogen and oxygen atoms in total. The van der Waals surface area contributed by atoms with Gasteiger partial charge in [0, 0.05) is 31.5 Å². The predicted octanol–water partition coefficient (Wildman–Crippen LogP) is 6.07. The first kappa shape index (κ1) is 16.9. The van der Waals surface area contributed by atoms with Crippen LogP contribution in [0.15, 0.2) is 48.8 Å². The highest BCUT2D eigenvalue weighted by Gasteiger charge is 2.12. The summed E-state index contributed by atoms with van der Waals surface area (Å²) in [5.41, 5.74) is 4.77. The largest absolute Gasteiger partial charge is 0.369 e. The van der Waals surface area contributed by atoms with E-state index >= 15 is 0 Å². The van der Waals surface area contributed by atoms with Gasteiger partial charge in [-0.3, -0.25) is 0 Å². The summed E-state index contributed by atoms with van der Waals surface area (Å²) < 4.78 is 13.4. The molecule has 0 bridgehead atoms. The van der Waals surface area contributed by atoms with Crippen molar-refractivity contribution in [3.8, 4) is 11.1 Å². The SMILES string of the molecule is Cc1cc(CN(C)c2c[nH]cc2-c2ccc(Cl)c(Cl)c2)ccc1F. The molecule has 0 saturated carbocycles. The molecule has 0 spiro atoms. The van der Waals surface area contributed by atoms with Crippen LogP contribution in [0.5, 0.6) is 0 Å². The Morgan fingerprint density at radius 2 is 1.83 bits per heavy atom. The molecule has 0 radical (unpaired) electrons. The van der Waals surface area contributed by atoms with Gasteiger partial charge in [-0.05, 0) is 41.8 Å². The van der Waals surface area contributed by atoms with Gasteiger partial charge in [-0.1, -0.05) is 41.4 Å². The van der Waals surface area contributed by atoms with Crippen molar-refractivity contribution >= 4 is 28.9 Å². The summed E-state index contributed by atoms with van der Waals surface area (Å²) in [5.74, 6) is -0.181. The predicted molar refractivity (Wildman–Crippen MR) is 99.5 cm³/mol. The molecule has 1 heterocycles. The zero-order valence-corrected chi connectivity index (χ0v) is 14.9. The van der Waals surface area contributed by atoms with Crippen LogP contribution < -0.4 is 4.90 Å². The van der Waals surface area contributed by atoms with Crippen LogP contribution in [0.2, 0.25) is 10.0 Å². The molecule has 24 heavy (non-hydrogen) atoms. The topological polar surface area (TPSA) is 19.0 Å². The van der Waals surface area contributed by atoms with Crippen LogP contribution in [0.3, 0.4) is 0 Å². The zero-order valence-electron chi connectivity index (χ0n) is 13.4. The van der Waals surface area contributed by atoms with E-state index < -0.39 is 0 Å². The maximum atomic E-state index is 13.4. The smallest absolute Gasteiger partial charge is 0.126 e. The second kappa shape index (κ2) is 6.88. The summed E-state index contributed by atoms with van der Waals surface area (Å²) in [6.07, 6.45) is 3.87. The lowest BCUT2D eigenvalue weighted by Gasteiger charge is -2.20. The van der Waals surface area contributed by atoms with Crippen molar-refractivity contribution in [1.82, 2.24) is 4.98 Å². The van der Waals surface area contributed by atoms with Crippen molar-refractivity contribution in [2.45, 2.75) is 13.5 Å². The Bertz CT molecular complexity index is 874. The number of aryl methyl sites for hydroxylation is 1. The Hall–Kier alpha value is -1.97. The normalized spacial score (nSPS) is 10.9. The van der Waals surface area contributed by atoms with Gasteiger partial charge < -0.3 is 9.88 Å². The van der Waals surface area contributed by atoms with Crippen LogP contribution in [0.1, 0.15) is 11.1 Å². The number of H-pyrrole nitrogens is 1. The molecule has 3 rings (SSSR count). The molecule has 3 aromatic rings. The first-order valence-electron chi connectivity index (χ1n) is 7.54. The Morgan fingerprint density at radius 1 is 1.04 bits per heavy atom. The number of aromatic amines is 1. The first-order valence-corrected chi connectivity index (χ1v) is 8.29. The zero-order chi connectivity index (χ0) is 17.3. The van der Waals surface area contributed by atoms with Crippen molar-refractivity contribution in [1.29, 1.82) is 0 Å². The monoisotopic (exact) mass is 362 g/mol. The van der Waals surface area contributed by atoms with Gasteiger partial charge in [-0.25, -0.2) is 4.39 Å². The molecular weight excluding hydrogens is 346 g/mol. The minimum Gasteiger partial charge on any atom is -0.369 e. The average Bonchev–Trinajstić information content (AvgIpc) is 3.03. The van der Waals surface area contributed by atoms with E-state index in [1.54, 1.807) is 13.0 Å². The van der Waals surface area contributed by atoms with Crippen LogP contribution in [-0.2, 0) is 6.54 Å². The molecule has 0 unspecified atom stereocenters. The lowest BCUT2D eigenvalue weighted by atomic mass is 10.1. The summed E-state index contributed by atoms with van der Waals surface area (Å²) in [6, 6.07) is 10.8. The van der Waals surface area contributed by atoms with E-state index in [9.17, 15) is 4.39 Å². The number of benzene rings is 2. The minimum atomic E-state index is -0.181. The number of nitrogens with one attached hydrogen (secondary N) is 1. The fourth-order valence-electron chi connectivity index (χ4n) is 2.73. The van der Waals surface area contributed by atoms with Gasteiger partial charge in [0.15, 0.2) is 0 Å². The Balaban J connectivity index is 1.88. The quantitative estimate of drug-likeness (QED) is 0.596. The average molecular weight is 363 g/mol. The molecular formula is C19H17Cl2FN2. The molecule has 0 fully saturated rings. The standard InChI is InChI=1S/C19H17Cl2FN2/c1-12-7-13(3-6-18(12)22)11-24(2)19-10-23-9-15(19)14-4-5-16(20)17(21)8-14/h3-10,23H,11H2,1-2H3. The van der Waals surface area contributed by atoms with Crippen molar-refractivity contribution in [2.24, 2.45) is 0 Å². The first-order chi connectivity index (χ1) is 11.5. The van der Waals surface area contributed by atoms with E-state index in [1.165, 1.54) is 6.07 Å². The number of hydrogen-bond acceptors (Lipinski definition) is 1. The highest BCUT2D eigenvalue weighted by molar-refractivity contribution is 6.42.